The second-order valence-electron chi connectivity index (χ2n) is 5.97. The van der Waals surface area contributed by atoms with Crippen molar-refractivity contribution in [3.63, 3.8) is 0 Å². The topological polar surface area (TPSA) is 61.4 Å². The lowest BCUT2D eigenvalue weighted by Crippen LogP contribution is -2.04. The van der Waals surface area contributed by atoms with Crippen LogP contribution in [0, 0.1) is 0 Å². The maximum Gasteiger partial charge on any atom is 0.419 e. The van der Waals surface area contributed by atoms with Gasteiger partial charge in [-0.15, -0.1) is 0 Å². The van der Waals surface area contributed by atoms with Gasteiger partial charge in [0.15, 0.2) is 5.65 Å². The summed E-state index contributed by atoms with van der Waals surface area (Å²) in [6, 6.07) is 7.48. The van der Waals surface area contributed by atoms with E-state index in [0.717, 1.165) is 23.5 Å². The van der Waals surface area contributed by atoms with Gasteiger partial charge in [-0.1, -0.05) is 35.9 Å². The highest BCUT2D eigenvalue weighted by atomic mass is 35.5. The fourth-order valence-electron chi connectivity index (χ4n) is 2.66. The number of nitrogens with zero attached hydrogens (tertiary/aromatic N) is 6. The molecule has 27 heavy (non-hydrogen) atoms. The number of aromatic nitrogens is 6. The van der Waals surface area contributed by atoms with E-state index < -0.39 is 11.7 Å². The van der Waals surface area contributed by atoms with Crippen molar-refractivity contribution in [2.75, 3.05) is 0 Å². The molecule has 0 aliphatic heterocycles. The molecule has 3 heterocycles. The van der Waals surface area contributed by atoms with Gasteiger partial charge in [0.25, 0.3) is 0 Å². The first-order valence-corrected chi connectivity index (χ1v) is 8.27. The van der Waals surface area contributed by atoms with Crippen LogP contribution in [0.1, 0.15) is 16.7 Å². The smallest absolute Gasteiger partial charge is 0.268 e. The Morgan fingerprint density at radius 1 is 0.926 bits per heavy atom. The van der Waals surface area contributed by atoms with Crippen LogP contribution in [0.25, 0.3) is 11.0 Å². The van der Waals surface area contributed by atoms with Gasteiger partial charge in [-0.25, -0.2) is 9.97 Å². The van der Waals surface area contributed by atoms with Crippen LogP contribution in [0.3, 0.4) is 0 Å². The number of fused-ring (bicyclic) bond motifs is 1. The van der Waals surface area contributed by atoms with Crippen LogP contribution in [0.5, 0.6) is 0 Å². The van der Waals surface area contributed by atoms with Gasteiger partial charge in [0, 0.05) is 12.4 Å². The third-order valence-electron chi connectivity index (χ3n) is 3.99. The van der Waals surface area contributed by atoms with Crippen LogP contribution in [0.15, 0.2) is 49.2 Å². The Labute approximate surface area is 156 Å². The highest BCUT2D eigenvalue weighted by Crippen LogP contribution is 2.28. The third kappa shape index (κ3) is 3.77. The minimum Gasteiger partial charge on any atom is -0.268 e. The van der Waals surface area contributed by atoms with Crippen LogP contribution >= 0.6 is 11.6 Å². The number of hydrogen-bond donors (Lipinski definition) is 0. The molecule has 0 atom stereocenters. The molecule has 6 nitrogen and oxygen atoms in total. The first-order valence-electron chi connectivity index (χ1n) is 7.89. The molecule has 0 aliphatic rings. The highest BCUT2D eigenvalue weighted by Gasteiger charge is 2.32. The predicted octanol–water partition coefficient (Wildman–Crippen LogP) is 3.79. The number of halogens is 4. The van der Waals surface area contributed by atoms with Crippen molar-refractivity contribution in [2.24, 2.45) is 0 Å². The molecule has 0 spiro atoms. The van der Waals surface area contributed by atoms with Gasteiger partial charge in [0.05, 0.1) is 30.2 Å². The van der Waals surface area contributed by atoms with E-state index in [1.807, 2.05) is 24.3 Å². The zero-order chi connectivity index (χ0) is 19.0. The summed E-state index contributed by atoms with van der Waals surface area (Å²) in [6.45, 7) is 0.764. The van der Waals surface area contributed by atoms with E-state index in [1.54, 1.807) is 10.9 Å². The minimum absolute atomic E-state index is 0.257. The standard InChI is InChI=1S/C17H12ClF3N6/c18-15-14-9-27(25-16(14)23-10-22-15)7-12-3-1-11(2-4-12)6-26-8-13(5-24-26)17(19,20)21/h1-5,8-10H,6-7H2. The molecule has 0 unspecified atom stereocenters. The van der Waals surface area contributed by atoms with Crippen molar-refractivity contribution in [3.8, 4) is 0 Å². The Kier molecular flexibility index (Phi) is 4.31. The quantitative estimate of drug-likeness (QED) is 0.496. The molecule has 4 rings (SSSR count). The molecule has 0 amide bonds. The van der Waals surface area contributed by atoms with E-state index in [-0.39, 0.29) is 6.54 Å². The highest BCUT2D eigenvalue weighted by molar-refractivity contribution is 6.33. The maximum absolute atomic E-state index is 12.6. The average molecular weight is 393 g/mol. The van der Waals surface area contributed by atoms with Gasteiger partial charge in [-0.05, 0) is 11.1 Å². The Morgan fingerprint density at radius 2 is 1.59 bits per heavy atom. The summed E-state index contributed by atoms with van der Waals surface area (Å²) in [4.78, 5) is 7.99. The van der Waals surface area contributed by atoms with E-state index >= 15 is 0 Å². The molecule has 10 heteroatoms. The van der Waals surface area contributed by atoms with Crippen LogP contribution < -0.4 is 0 Å². The van der Waals surface area contributed by atoms with Crippen molar-refractivity contribution < 1.29 is 13.2 Å². The molecule has 0 N–H and O–H groups in total. The van der Waals surface area contributed by atoms with Crippen LogP contribution in [0.2, 0.25) is 5.15 Å². The number of alkyl halides is 3. The molecule has 0 saturated carbocycles. The van der Waals surface area contributed by atoms with Gasteiger partial charge in [-0.2, -0.15) is 23.4 Å². The fourth-order valence-corrected chi connectivity index (χ4v) is 2.83. The lowest BCUT2D eigenvalue weighted by atomic mass is 10.1. The largest absolute Gasteiger partial charge is 0.419 e. The van der Waals surface area contributed by atoms with Crippen molar-refractivity contribution >= 4 is 22.6 Å². The third-order valence-corrected chi connectivity index (χ3v) is 4.29. The summed E-state index contributed by atoms with van der Waals surface area (Å²) in [5, 5.41) is 9.13. The molecule has 3 aromatic heterocycles. The van der Waals surface area contributed by atoms with Crippen molar-refractivity contribution in [2.45, 2.75) is 19.3 Å². The Hall–Kier alpha value is -2.94. The monoisotopic (exact) mass is 392 g/mol. The van der Waals surface area contributed by atoms with E-state index in [9.17, 15) is 13.2 Å². The van der Waals surface area contributed by atoms with E-state index in [2.05, 4.69) is 20.2 Å². The molecule has 4 aromatic rings. The van der Waals surface area contributed by atoms with Crippen LogP contribution in [0.4, 0.5) is 13.2 Å². The lowest BCUT2D eigenvalue weighted by Gasteiger charge is -2.05. The van der Waals surface area contributed by atoms with Gasteiger partial charge in [-0.3, -0.25) is 9.36 Å². The summed E-state index contributed by atoms with van der Waals surface area (Å²) in [5.41, 5.74) is 1.58. The molecule has 0 fully saturated rings. The Bertz CT molecular complexity index is 1080. The SMILES string of the molecule is FC(F)(F)c1cnn(Cc2ccc(Cn3cc4c(Cl)ncnc4n3)cc2)c1. The molecule has 0 bridgehead atoms. The molecule has 0 saturated heterocycles. The summed E-state index contributed by atoms with van der Waals surface area (Å²) in [6.07, 6.45) is 0.561. The summed E-state index contributed by atoms with van der Waals surface area (Å²) < 4.78 is 40.8. The fraction of sp³-hybridized carbons (Fsp3) is 0.176. The molecule has 0 radical (unpaired) electrons. The van der Waals surface area contributed by atoms with Crippen LogP contribution in [-0.2, 0) is 19.3 Å². The first kappa shape index (κ1) is 17.5. The average Bonchev–Trinajstić information content (AvgIpc) is 3.24. The van der Waals surface area contributed by atoms with Gasteiger partial charge in [0.2, 0.25) is 0 Å². The zero-order valence-electron chi connectivity index (χ0n) is 13.7. The second-order valence-corrected chi connectivity index (χ2v) is 6.33. The van der Waals surface area contributed by atoms with Crippen LogP contribution in [-0.4, -0.2) is 29.5 Å². The Balaban J connectivity index is 1.47. The number of benzene rings is 1. The predicted molar refractivity (Wildman–Crippen MR) is 92.2 cm³/mol. The van der Waals surface area contributed by atoms with Crippen molar-refractivity contribution in [3.05, 3.63) is 71.0 Å². The maximum atomic E-state index is 12.6. The Morgan fingerprint density at radius 3 is 2.19 bits per heavy atom. The molecular formula is C17H12ClF3N6. The van der Waals surface area contributed by atoms with Crippen molar-refractivity contribution in [1.29, 1.82) is 0 Å². The lowest BCUT2D eigenvalue weighted by molar-refractivity contribution is -0.137. The zero-order valence-corrected chi connectivity index (χ0v) is 14.5. The normalized spacial score (nSPS) is 12.0. The summed E-state index contributed by atoms with van der Waals surface area (Å²) in [7, 11) is 0. The van der Waals surface area contributed by atoms with Gasteiger partial charge >= 0.3 is 6.18 Å². The summed E-state index contributed by atoms with van der Waals surface area (Å²) in [5.74, 6) is 0. The van der Waals surface area contributed by atoms with E-state index in [1.165, 1.54) is 11.0 Å². The molecule has 1 aromatic carbocycles. The summed E-state index contributed by atoms with van der Waals surface area (Å²) >= 11 is 6.02. The van der Waals surface area contributed by atoms with Gasteiger partial charge in [0.1, 0.15) is 11.5 Å². The van der Waals surface area contributed by atoms with E-state index in [0.29, 0.717) is 22.7 Å². The molecule has 138 valence electrons. The van der Waals surface area contributed by atoms with Gasteiger partial charge < -0.3 is 0 Å². The van der Waals surface area contributed by atoms with Crippen molar-refractivity contribution in [1.82, 2.24) is 29.5 Å². The second kappa shape index (κ2) is 6.66. The molecule has 0 aliphatic carbocycles. The number of rotatable bonds is 4. The minimum atomic E-state index is -4.39. The van der Waals surface area contributed by atoms with E-state index in [4.69, 9.17) is 11.6 Å². The first-order chi connectivity index (χ1) is 12.9. The molecular weight excluding hydrogens is 381 g/mol. The number of hydrogen-bond acceptors (Lipinski definition) is 4.